The number of hydrogen-bond donors (Lipinski definition) is 2. The highest BCUT2D eigenvalue weighted by Gasteiger charge is 2.05. The van der Waals surface area contributed by atoms with Crippen LogP contribution >= 0.6 is 35.7 Å². The molecule has 2 aromatic rings. The fourth-order valence-corrected chi connectivity index (χ4v) is 3.09. The van der Waals surface area contributed by atoms with Gasteiger partial charge in [0.2, 0.25) is 0 Å². The Hall–Kier alpha value is -1.22. The predicted octanol–water partition coefficient (Wildman–Crippen LogP) is 3.61. The van der Waals surface area contributed by atoms with Gasteiger partial charge in [0.15, 0.2) is 5.96 Å². The first-order chi connectivity index (χ1) is 11.7. The van der Waals surface area contributed by atoms with Crippen LogP contribution in [0.25, 0.3) is 0 Å². The molecule has 0 spiro atoms. The summed E-state index contributed by atoms with van der Waals surface area (Å²) in [5, 5.41) is 6.67. The third-order valence-electron chi connectivity index (χ3n) is 3.41. The summed E-state index contributed by atoms with van der Waals surface area (Å²) in [4.78, 5) is 9.99. The highest BCUT2D eigenvalue weighted by atomic mass is 127. The Bertz CT molecular complexity index is 627. The molecule has 0 aliphatic heterocycles. The largest absolute Gasteiger partial charge is 0.356 e. The standard InChI is InChI=1S/C18H27N5S.HI/c1-15(2)14-23-11-9-20-17(23)13-22-18(19-3)21-10-12-24-16-7-5-4-6-8-16;/h4-9,11,15H,10,12-14H2,1-3H3,(H2,19,21,22);1H. The van der Waals surface area contributed by atoms with Gasteiger partial charge in [0.05, 0.1) is 6.54 Å². The first-order valence-electron chi connectivity index (χ1n) is 8.31. The molecule has 1 aromatic heterocycles. The van der Waals surface area contributed by atoms with E-state index in [4.69, 9.17) is 0 Å². The van der Waals surface area contributed by atoms with E-state index in [1.165, 1.54) is 4.90 Å². The lowest BCUT2D eigenvalue weighted by molar-refractivity contribution is 0.503. The predicted molar refractivity (Wildman–Crippen MR) is 118 cm³/mol. The maximum atomic E-state index is 4.43. The van der Waals surface area contributed by atoms with E-state index in [2.05, 4.69) is 63.3 Å². The van der Waals surface area contributed by atoms with E-state index >= 15 is 0 Å². The van der Waals surface area contributed by atoms with Crippen molar-refractivity contribution in [3.05, 3.63) is 48.5 Å². The molecule has 0 atom stereocenters. The van der Waals surface area contributed by atoms with Crippen LogP contribution in [0.3, 0.4) is 0 Å². The van der Waals surface area contributed by atoms with E-state index in [9.17, 15) is 0 Å². The molecule has 0 fully saturated rings. The van der Waals surface area contributed by atoms with Crippen molar-refractivity contribution in [2.24, 2.45) is 10.9 Å². The van der Waals surface area contributed by atoms with Crippen LogP contribution in [0.1, 0.15) is 19.7 Å². The number of nitrogens with one attached hydrogen (secondary N) is 2. The molecule has 7 heteroatoms. The van der Waals surface area contributed by atoms with Gasteiger partial charge in [-0.05, 0) is 18.1 Å². The van der Waals surface area contributed by atoms with Crippen molar-refractivity contribution in [2.75, 3.05) is 19.3 Å². The lowest BCUT2D eigenvalue weighted by Gasteiger charge is -2.14. The SMILES string of the molecule is CN=C(NCCSc1ccccc1)NCc1nccn1CC(C)C.I. The molecule has 0 bridgehead atoms. The number of halogens is 1. The quantitative estimate of drug-likeness (QED) is 0.202. The zero-order valence-electron chi connectivity index (χ0n) is 15.1. The van der Waals surface area contributed by atoms with Gasteiger partial charge in [0.1, 0.15) is 5.82 Å². The summed E-state index contributed by atoms with van der Waals surface area (Å²) in [6.07, 6.45) is 3.88. The van der Waals surface area contributed by atoms with Gasteiger partial charge in [-0.1, -0.05) is 32.0 Å². The summed E-state index contributed by atoms with van der Waals surface area (Å²) in [5.41, 5.74) is 0. The van der Waals surface area contributed by atoms with Crippen LogP contribution in [-0.4, -0.2) is 34.9 Å². The molecule has 0 saturated heterocycles. The van der Waals surface area contributed by atoms with Crippen molar-refractivity contribution in [1.29, 1.82) is 0 Å². The van der Waals surface area contributed by atoms with Crippen molar-refractivity contribution in [1.82, 2.24) is 20.2 Å². The maximum Gasteiger partial charge on any atom is 0.191 e. The van der Waals surface area contributed by atoms with E-state index in [-0.39, 0.29) is 24.0 Å². The highest BCUT2D eigenvalue weighted by molar-refractivity contribution is 14.0. The molecule has 1 aromatic carbocycles. The Balaban J connectivity index is 0.00000312. The van der Waals surface area contributed by atoms with Crippen molar-refractivity contribution < 1.29 is 0 Å². The number of thioether (sulfide) groups is 1. The zero-order valence-corrected chi connectivity index (χ0v) is 18.3. The number of guanidine groups is 1. The lowest BCUT2D eigenvalue weighted by atomic mass is 10.2. The van der Waals surface area contributed by atoms with Crippen LogP contribution in [0.5, 0.6) is 0 Å². The minimum absolute atomic E-state index is 0. The van der Waals surface area contributed by atoms with Crippen LogP contribution in [0, 0.1) is 5.92 Å². The van der Waals surface area contributed by atoms with Gasteiger partial charge in [0, 0.05) is 43.2 Å². The van der Waals surface area contributed by atoms with Crippen molar-refractivity contribution in [2.45, 2.75) is 31.8 Å². The summed E-state index contributed by atoms with van der Waals surface area (Å²) in [7, 11) is 1.79. The molecule has 0 radical (unpaired) electrons. The molecule has 2 rings (SSSR count). The number of aliphatic imine (C=N–C) groups is 1. The van der Waals surface area contributed by atoms with Crippen LogP contribution in [0.15, 0.2) is 52.6 Å². The van der Waals surface area contributed by atoms with Gasteiger partial charge < -0.3 is 15.2 Å². The molecule has 2 N–H and O–H groups in total. The van der Waals surface area contributed by atoms with Gasteiger partial charge in [-0.3, -0.25) is 4.99 Å². The molecule has 0 saturated carbocycles. The van der Waals surface area contributed by atoms with Crippen LogP contribution in [0.2, 0.25) is 0 Å². The minimum Gasteiger partial charge on any atom is -0.356 e. The van der Waals surface area contributed by atoms with Crippen molar-refractivity contribution >= 4 is 41.7 Å². The summed E-state index contributed by atoms with van der Waals surface area (Å²) in [6, 6.07) is 10.4. The fourth-order valence-electron chi connectivity index (χ4n) is 2.31. The molecular weight excluding hydrogens is 445 g/mol. The Kier molecular flexibility index (Phi) is 10.6. The molecule has 1 heterocycles. The number of imidazole rings is 1. The van der Waals surface area contributed by atoms with Gasteiger partial charge in [-0.25, -0.2) is 4.98 Å². The second kappa shape index (κ2) is 12.2. The maximum absolute atomic E-state index is 4.43. The summed E-state index contributed by atoms with van der Waals surface area (Å²) < 4.78 is 2.19. The highest BCUT2D eigenvalue weighted by Crippen LogP contribution is 2.15. The smallest absolute Gasteiger partial charge is 0.191 e. The van der Waals surface area contributed by atoms with E-state index in [1.54, 1.807) is 7.05 Å². The molecule has 0 aliphatic carbocycles. The fraction of sp³-hybridized carbons (Fsp3) is 0.444. The first kappa shape index (κ1) is 21.8. The molecule has 0 amide bonds. The molecular formula is C18H28IN5S. The van der Waals surface area contributed by atoms with Crippen molar-refractivity contribution in [3.63, 3.8) is 0 Å². The van der Waals surface area contributed by atoms with Crippen molar-refractivity contribution in [3.8, 4) is 0 Å². The number of benzene rings is 1. The number of aromatic nitrogens is 2. The first-order valence-corrected chi connectivity index (χ1v) is 9.30. The van der Waals surface area contributed by atoms with Gasteiger partial charge in [-0.2, -0.15) is 0 Å². The Morgan fingerprint density at radius 2 is 2.00 bits per heavy atom. The zero-order chi connectivity index (χ0) is 17.2. The monoisotopic (exact) mass is 473 g/mol. The van der Waals surface area contributed by atoms with Gasteiger partial charge in [0.25, 0.3) is 0 Å². The van der Waals surface area contributed by atoms with Crippen LogP contribution in [0.4, 0.5) is 0 Å². The second-order valence-corrected chi connectivity index (χ2v) is 7.07. The average molecular weight is 473 g/mol. The number of rotatable bonds is 8. The lowest BCUT2D eigenvalue weighted by Crippen LogP contribution is -2.38. The van der Waals surface area contributed by atoms with E-state index in [0.29, 0.717) is 12.5 Å². The summed E-state index contributed by atoms with van der Waals surface area (Å²) in [5.74, 6) is 3.44. The summed E-state index contributed by atoms with van der Waals surface area (Å²) in [6.45, 7) is 6.94. The Morgan fingerprint density at radius 1 is 1.24 bits per heavy atom. The normalized spacial score (nSPS) is 11.3. The molecule has 138 valence electrons. The average Bonchev–Trinajstić information content (AvgIpc) is 3.01. The van der Waals surface area contributed by atoms with E-state index in [0.717, 1.165) is 30.6 Å². The third kappa shape index (κ3) is 8.13. The van der Waals surface area contributed by atoms with Gasteiger partial charge >= 0.3 is 0 Å². The van der Waals surface area contributed by atoms with Gasteiger partial charge in [-0.15, -0.1) is 35.7 Å². The Labute approximate surface area is 172 Å². The number of nitrogens with zero attached hydrogens (tertiary/aromatic N) is 3. The molecule has 25 heavy (non-hydrogen) atoms. The van der Waals surface area contributed by atoms with E-state index in [1.807, 2.05) is 30.2 Å². The second-order valence-electron chi connectivity index (χ2n) is 5.90. The molecule has 0 unspecified atom stereocenters. The van der Waals surface area contributed by atoms with Crippen LogP contribution < -0.4 is 10.6 Å². The van der Waals surface area contributed by atoms with Crippen LogP contribution in [-0.2, 0) is 13.1 Å². The third-order valence-corrected chi connectivity index (χ3v) is 4.42. The van der Waals surface area contributed by atoms with E-state index < -0.39 is 0 Å². The number of hydrogen-bond acceptors (Lipinski definition) is 3. The molecule has 5 nitrogen and oxygen atoms in total. The molecule has 0 aliphatic rings. The summed E-state index contributed by atoms with van der Waals surface area (Å²) >= 11 is 1.84. The Morgan fingerprint density at radius 3 is 2.68 bits per heavy atom. The topological polar surface area (TPSA) is 54.2 Å². The minimum atomic E-state index is 0.